The molecule has 1 N–H and O–H groups in total. The monoisotopic (exact) mass is 358 g/mol. The fourth-order valence-electron chi connectivity index (χ4n) is 1.85. The molecule has 3 aromatic rings. The van der Waals surface area contributed by atoms with Gasteiger partial charge in [-0.05, 0) is 19.1 Å². The van der Waals surface area contributed by atoms with Gasteiger partial charge in [0.1, 0.15) is 16.6 Å². The number of benzene rings is 1. The Morgan fingerprint density at radius 1 is 1.22 bits per heavy atom. The molecule has 0 spiro atoms. The van der Waals surface area contributed by atoms with Gasteiger partial charge in [0.2, 0.25) is 0 Å². The molecule has 114 valence electrons. The van der Waals surface area contributed by atoms with Crippen LogP contribution in [0.5, 0.6) is 0 Å². The summed E-state index contributed by atoms with van der Waals surface area (Å²) >= 11 is 8.82. The standard InChI is InChI=1S/C16H11ClN4S2/c1-10-8-22-15(20-10)12(6-18)7-19-16-21-14(9-23-16)11-2-4-13(17)5-3-11/h2-5,7-9H,1H3,(H,19,21)/b12-7+. The minimum atomic E-state index is 0.492. The van der Waals surface area contributed by atoms with Crippen molar-refractivity contribution in [2.75, 3.05) is 5.32 Å². The number of aryl methyl sites for hydroxylation is 1. The molecular formula is C16H11ClN4S2. The maximum atomic E-state index is 9.25. The average molecular weight is 359 g/mol. The van der Waals surface area contributed by atoms with E-state index in [9.17, 15) is 5.26 Å². The Labute approximate surface area is 146 Å². The minimum absolute atomic E-state index is 0.492. The lowest BCUT2D eigenvalue weighted by Crippen LogP contribution is -1.90. The van der Waals surface area contributed by atoms with Crippen LogP contribution >= 0.6 is 34.3 Å². The van der Waals surface area contributed by atoms with Crippen molar-refractivity contribution in [2.45, 2.75) is 6.92 Å². The second-order valence-electron chi connectivity index (χ2n) is 4.65. The molecule has 0 fully saturated rings. The van der Waals surface area contributed by atoms with Gasteiger partial charge in [0, 0.05) is 33.2 Å². The van der Waals surface area contributed by atoms with Crippen molar-refractivity contribution in [1.29, 1.82) is 5.26 Å². The highest BCUT2D eigenvalue weighted by molar-refractivity contribution is 7.14. The highest BCUT2D eigenvalue weighted by Crippen LogP contribution is 2.26. The third-order valence-electron chi connectivity index (χ3n) is 2.95. The van der Waals surface area contributed by atoms with Crippen molar-refractivity contribution in [1.82, 2.24) is 9.97 Å². The van der Waals surface area contributed by atoms with Crippen LogP contribution in [0, 0.1) is 18.3 Å². The minimum Gasteiger partial charge on any atom is -0.337 e. The van der Waals surface area contributed by atoms with Gasteiger partial charge in [-0.2, -0.15) is 5.26 Å². The van der Waals surface area contributed by atoms with Crippen LogP contribution in [-0.4, -0.2) is 9.97 Å². The Hall–Kier alpha value is -2.20. The van der Waals surface area contributed by atoms with Crippen LogP contribution in [0.3, 0.4) is 0 Å². The smallest absolute Gasteiger partial charge is 0.187 e. The highest BCUT2D eigenvalue weighted by Gasteiger charge is 2.07. The number of nitrogens with zero attached hydrogens (tertiary/aromatic N) is 3. The van der Waals surface area contributed by atoms with Gasteiger partial charge in [-0.3, -0.25) is 0 Å². The van der Waals surface area contributed by atoms with Crippen LogP contribution in [0.1, 0.15) is 10.7 Å². The molecule has 0 atom stereocenters. The molecule has 0 saturated carbocycles. The summed E-state index contributed by atoms with van der Waals surface area (Å²) in [7, 11) is 0. The van der Waals surface area contributed by atoms with Crippen LogP contribution in [-0.2, 0) is 0 Å². The number of anilines is 1. The number of rotatable bonds is 4. The first-order valence-corrected chi connectivity index (χ1v) is 8.80. The Bertz CT molecular complexity index is 887. The molecule has 0 aliphatic rings. The van der Waals surface area contributed by atoms with E-state index in [4.69, 9.17) is 11.6 Å². The van der Waals surface area contributed by atoms with Gasteiger partial charge in [-0.25, -0.2) is 9.97 Å². The second-order valence-corrected chi connectivity index (χ2v) is 6.81. The van der Waals surface area contributed by atoms with Crippen molar-refractivity contribution in [3.8, 4) is 17.3 Å². The highest BCUT2D eigenvalue weighted by atomic mass is 35.5. The maximum absolute atomic E-state index is 9.25. The van der Waals surface area contributed by atoms with Gasteiger partial charge in [0.15, 0.2) is 5.13 Å². The summed E-state index contributed by atoms with van der Waals surface area (Å²) in [5.74, 6) is 0. The summed E-state index contributed by atoms with van der Waals surface area (Å²) in [6.45, 7) is 1.90. The Balaban J connectivity index is 1.77. The van der Waals surface area contributed by atoms with E-state index in [0.717, 1.165) is 22.1 Å². The van der Waals surface area contributed by atoms with Gasteiger partial charge in [-0.1, -0.05) is 23.7 Å². The van der Waals surface area contributed by atoms with Crippen molar-refractivity contribution < 1.29 is 0 Å². The van der Waals surface area contributed by atoms with Crippen LogP contribution in [0.15, 0.2) is 41.2 Å². The molecule has 0 amide bonds. The molecule has 0 saturated heterocycles. The lowest BCUT2D eigenvalue weighted by Gasteiger charge is -1.97. The van der Waals surface area contributed by atoms with E-state index in [-0.39, 0.29) is 0 Å². The first-order valence-electron chi connectivity index (χ1n) is 6.66. The van der Waals surface area contributed by atoms with E-state index < -0.39 is 0 Å². The fraction of sp³-hybridized carbons (Fsp3) is 0.0625. The topological polar surface area (TPSA) is 61.6 Å². The van der Waals surface area contributed by atoms with Gasteiger partial charge in [0.25, 0.3) is 0 Å². The number of hydrogen-bond donors (Lipinski definition) is 1. The molecular weight excluding hydrogens is 348 g/mol. The summed E-state index contributed by atoms with van der Waals surface area (Å²) < 4.78 is 0. The number of nitriles is 1. The average Bonchev–Trinajstić information content (AvgIpc) is 3.18. The van der Waals surface area contributed by atoms with Gasteiger partial charge < -0.3 is 5.32 Å². The zero-order valence-electron chi connectivity index (χ0n) is 12.1. The van der Waals surface area contributed by atoms with Crippen molar-refractivity contribution in [3.63, 3.8) is 0 Å². The Morgan fingerprint density at radius 2 is 2.00 bits per heavy atom. The molecule has 0 radical (unpaired) electrons. The van der Waals surface area contributed by atoms with Crippen molar-refractivity contribution in [2.24, 2.45) is 0 Å². The fourth-order valence-corrected chi connectivity index (χ4v) is 3.43. The van der Waals surface area contributed by atoms with Gasteiger partial charge in [-0.15, -0.1) is 22.7 Å². The predicted molar refractivity (Wildman–Crippen MR) is 96.6 cm³/mol. The van der Waals surface area contributed by atoms with Crippen molar-refractivity contribution in [3.05, 3.63) is 56.9 Å². The molecule has 0 aliphatic carbocycles. The maximum Gasteiger partial charge on any atom is 0.187 e. The number of nitrogens with one attached hydrogen (secondary N) is 1. The molecule has 3 rings (SSSR count). The third-order valence-corrected chi connectivity index (χ3v) is 4.97. The van der Waals surface area contributed by atoms with E-state index in [1.54, 1.807) is 6.20 Å². The molecule has 23 heavy (non-hydrogen) atoms. The summed E-state index contributed by atoms with van der Waals surface area (Å²) in [6.07, 6.45) is 1.64. The predicted octanol–water partition coefficient (Wildman–Crippen LogP) is 5.21. The van der Waals surface area contributed by atoms with Crippen LogP contribution < -0.4 is 5.32 Å². The third kappa shape index (κ3) is 3.77. The van der Waals surface area contributed by atoms with Gasteiger partial charge in [0.05, 0.1) is 5.69 Å². The summed E-state index contributed by atoms with van der Waals surface area (Å²) in [6, 6.07) is 9.68. The number of hydrogen-bond acceptors (Lipinski definition) is 6. The van der Waals surface area contributed by atoms with E-state index in [1.165, 1.54) is 22.7 Å². The van der Waals surface area contributed by atoms with E-state index in [0.29, 0.717) is 15.6 Å². The largest absolute Gasteiger partial charge is 0.337 e. The number of allylic oxidation sites excluding steroid dienone is 1. The Kier molecular flexibility index (Phi) is 4.72. The van der Waals surface area contributed by atoms with E-state index >= 15 is 0 Å². The molecule has 0 bridgehead atoms. The summed E-state index contributed by atoms with van der Waals surface area (Å²) in [5.41, 5.74) is 3.27. The summed E-state index contributed by atoms with van der Waals surface area (Å²) in [4.78, 5) is 8.82. The van der Waals surface area contributed by atoms with Gasteiger partial charge >= 0.3 is 0 Å². The first-order chi connectivity index (χ1) is 11.2. The molecule has 2 aromatic heterocycles. The number of aromatic nitrogens is 2. The molecule has 0 unspecified atom stereocenters. The molecule has 1 aromatic carbocycles. The van der Waals surface area contributed by atoms with E-state index in [2.05, 4.69) is 21.4 Å². The first kappa shape index (κ1) is 15.7. The SMILES string of the molecule is Cc1csc(/C(C#N)=C/Nc2nc(-c3ccc(Cl)cc3)cs2)n1. The second kappa shape index (κ2) is 6.92. The lowest BCUT2D eigenvalue weighted by atomic mass is 10.2. The van der Waals surface area contributed by atoms with Crippen LogP contribution in [0.2, 0.25) is 5.02 Å². The van der Waals surface area contributed by atoms with Crippen LogP contribution in [0.25, 0.3) is 16.8 Å². The molecule has 4 nitrogen and oxygen atoms in total. The number of halogens is 1. The van der Waals surface area contributed by atoms with E-state index in [1.807, 2.05) is 41.9 Å². The quantitative estimate of drug-likeness (QED) is 0.650. The molecule has 2 heterocycles. The zero-order valence-corrected chi connectivity index (χ0v) is 14.5. The van der Waals surface area contributed by atoms with Crippen LogP contribution in [0.4, 0.5) is 5.13 Å². The Morgan fingerprint density at radius 3 is 2.65 bits per heavy atom. The van der Waals surface area contributed by atoms with Crippen molar-refractivity contribution >= 4 is 45.0 Å². The zero-order chi connectivity index (χ0) is 16.2. The molecule has 0 aliphatic heterocycles. The summed E-state index contributed by atoms with van der Waals surface area (Å²) in [5, 5.41) is 18.3. The normalized spacial score (nSPS) is 11.3. The number of thiazole rings is 2. The lowest BCUT2D eigenvalue weighted by molar-refractivity contribution is 1.24. The molecule has 7 heteroatoms.